The van der Waals surface area contributed by atoms with Gasteiger partial charge in [-0.3, -0.25) is 0 Å². The first kappa shape index (κ1) is 15.6. The molecule has 0 aromatic heterocycles. The average molecular weight is 385 g/mol. The Morgan fingerprint density at radius 2 is 1.62 bits per heavy atom. The predicted molar refractivity (Wildman–Crippen MR) is 35.0 cm³/mol. The van der Waals surface area contributed by atoms with Gasteiger partial charge >= 0.3 is 98.7 Å². The van der Waals surface area contributed by atoms with Crippen molar-refractivity contribution in [3.63, 3.8) is 0 Å². The van der Waals surface area contributed by atoms with E-state index in [9.17, 15) is 9.59 Å². The summed E-state index contributed by atoms with van der Waals surface area (Å²) in [5.74, 6) is -2.79. The number of aliphatic hydroxyl groups excluding tert-OH is 2. The molecule has 0 amide bonds. The Kier molecular flexibility index (Phi) is 10.5. The van der Waals surface area contributed by atoms with E-state index >= 15 is 0 Å². The quantitative estimate of drug-likeness (QED) is 0.437. The Morgan fingerprint density at radius 3 is 1.85 bits per heavy atom. The fourth-order valence-electron chi connectivity index (χ4n) is 0.334. The van der Waals surface area contributed by atoms with Gasteiger partial charge in [-0.25, -0.2) is 0 Å². The molecule has 0 spiro atoms. The van der Waals surface area contributed by atoms with E-state index in [4.69, 9.17) is 18.7 Å². The summed E-state index contributed by atoms with van der Waals surface area (Å²) >= 11 is 0.808. The maximum absolute atomic E-state index is 10.4. The van der Waals surface area contributed by atoms with Gasteiger partial charge in [-0.05, 0) is 0 Å². The molecule has 2 atom stereocenters. The molecule has 0 aromatic rings. The molecule has 0 aliphatic rings. The van der Waals surface area contributed by atoms with Crippen LogP contribution in [0.25, 0.3) is 0 Å². The van der Waals surface area contributed by atoms with Crippen LogP contribution in [0.15, 0.2) is 0 Å². The van der Waals surface area contributed by atoms with Crippen LogP contribution in [0.3, 0.4) is 0 Å². The molecule has 0 aromatic carbocycles. The third-order valence-corrected chi connectivity index (χ3v) is 1.57. The van der Waals surface area contributed by atoms with Crippen molar-refractivity contribution in [3.8, 4) is 0 Å². The molecule has 2 unspecified atom stereocenters. The molecule has 13 heavy (non-hydrogen) atoms. The Bertz CT molecular complexity index is 185. The standard InChI is InChI=1S/C4H6O6.Mo.O.Sb.2H/c5-1(3(7)8)2(6)4(9)10;;;;;/h1-2,5-6H,(H,7,8)(H,9,10);;;;;/q;;;+1;;/p-1. The zero-order valence-corrected chi connectivity index (χ0v) is 11.4. The number of hydrogen-bond donors (Lipinski definition) is 3. The molecule has 7 nitrogen and oxygen atoms in total. The van der Waals surface area contributed by atoms with Gasteiger partial charge < -0.3 is 0 Å². The third-order valence-electron chi connectivity index (χ3n) is 0.910. The number of hydrogen-bond acceptors (Lipinski definition) is 6. The summed E-state index contributed by atoms with van der Waals surface area (Å²) in [6.45, 7) is 0. The molecule has 0 fully saturated rings. The molecule has 0 radical (unpaired) electrons. The molecule has 9 heteroatoms. The molecular formula is C4H7MoO7Sb. The van der Waals surface area contributed by atoms with E-state index in [-0.39, 0.29) is 23.4 Å². The summed E-state index contributed by atoms with van der Waals surface area (Å²) in [6.07, 6.45) is -4.11. The normalized spacial score (nSPS) is 13.2. The van der Waals surface area contributed by atoms with Gasteiger partial charge in [0.1, 0.15) is 0 Å². The Morgan fingerprint density at radius 1 is 1.23 bits per heavy atom. The van der Waals surface area contributed by atoms with Gasteiger partial charge in [0.05, 0.1) is 0 Å². The third kappa shape index (κ3) is 6.27. The Balaban J connectivity index is 0. The first-order valence-corrected chi connectivity index (χ1v) is 4.83. The zero-order valence-electron chi connectivity index (χ0n) is 6.11. The molecule has 0 aliphatic carbocycles. The number of carbonyl (C=O) groups is 2. The second-order valence-electron chi connectivity index (χ2n) is 1.66. The van der Waals surface area contributed by atoms with E-state index in [1.54, 1.807) is 0 Å². The Labute approximate surface area is 98.3 Å². The van der Waals surface area contributed by atoms with E-state index < -0.39 is 24.1 Å². The van der Waals surface area contributed by atoms with Gasteiger partial charge in [-0.2, -0.15) is 0 Å². The average Bonchev–Trinajstić information content (AvgIpc) is 2.17. The van der Waals surface area contributed by atoms with Crippen LogP contribution in [0.1, 0.15) is 0 Å². The second-order valence-corrected chi connectivity index (χ2v) is 2.34. The van der Waals surface area contributed by atoms with Crippen molar-refractivity contribution in [1.29, 1.82) is 0 Å². The number of carboxylic acid groups (broad SMARTS) is 1. The number of carbonyl (C=O) groups excluding carboxylic acids is 1. The molecule has 76 valence electrons. The number of rotatable bonds is 3. The summed E-state index contributed by atoms with van der Waals surface area (Å²) in [5, 5.41) is 25.3. The molecular weight excluding hydrogens is 378 g/mol. The van der Waals surface area contributed by atoms with Gasteiger partial charge in [-0.1, -0.05) is 0 Å². The van der Waals surface area contributed by atoms with Crippen LogP contribution in [0.5, 0.6) is 0 Å². The summed E-state index contributed by atoms with van der Waals surface area (Å²) in [7, 11) is 0. The van der Waals surface area contributed by atoms with E-state index in [2.05, 4.69) is 3.02 Å². The molecule has 0 heterocycles. The molecule has 0 saturated heterocycles. The zero-order chi connectivity index (χ0) is 11.0. The molecule has 0 rings (SSSR count). The monoisotopic (exact) mass is 386 g/mol. The minimum atomic E-state index is -2.12. The van der Waals surface area contributed by atoms with E-state index in [1.807, 2.05) is 0 Å². The van der Waals surface area contributed by atoms with Crippen LogP contribution in [0.2, 0.25) is 0 Å². The van der Waals surface area contributed by atoms with Crippen LogP contribution >= 0.6 is 0 Å². The van der Waals surface area contributed by atoms with Crippen molar-refractivity contribution in [3.05, 3.63) is 0 Å². The van der Waals surface area contributed by atoms with E-state index in [0.717, 1.165) is 0 Å². The molecule has 3 N–H and O–H groups in total. The minimum absolute atomic E-state index is 0.108. The first-order valence-electron chi connectivity index (χ1n) is 2.67. The Hall–Kier alpha value is 0.166. The van der Waals surface area contributed by atoms with Crippen molar-refractivity contribution < 1.29 is 51.1 Å². The summed E-state index contributed by atoms with van der Waals surface area (Å²) in [4.78, 5) is 20.3. The molecule has 0 saturated carbocycles. The van der Waals surface area contributed by atoms with Crippen LogP contribution in [0.4, 0.5) is 0 Å². The summed E-state index contributed by atoms with van der Waals surface area (Å²) < 4.78 is 12.4. The summed E-state index contributed by atoms with van der Waals surface area (Å²) in [6, 6.07) is 0. The maximum atomic E-state index is 10.4. The van der Waals surface area contributed by atoms with Gasteiger partial charge in [-0.15, -0.1) is 0 Å². The number of aliphatic carboxylic acids is 1. The van der Waals surface area contributed by atoms with E-state index in [1.165, 1.54) is 0 Å². The van der Waals surface area contributed by atoms with Crippen molar-refractivity contribution >= 4 is 35.4 Å². The van der Waals surface area contributed by atoms with Gasteiger partial charge in [0.25, 0.3) is 0 Å². The fraction of sp³-hybridized carbons (Fsp3) is 0.500. The predicted octanol–water partition coefficient (Wildman–Crippen LogP) is -3.24. The van der Waals surface area contributed by atoms with Gasteiger partial charge in [0.2, 0.25) is 0 Å². The van der Waals surface area contributed by atoms with Crippen LogP contribution in [0, 0.1) is 0 Å². The van der Waals surface area contributed by atoms with Crippen LogP contribution < -0.4 is 0 Å². The van der Waals surface area contributed by atoms with Crippen molar-refractivity contribution in [2.45, 2.75) is 12.2 Å². The topological polar surface area (TPSA) is 121 Å². The van der Waals surface area contributed by atoms with Crippen molar-refractivity contribution in [1.82, 2.24) is 0 Å². The van der Waals surface area contributed by atoms with Gasteiger partial charge in [0, 0.05) is 0 Å². The molecule has 0 bridgehead atoms. The van der Waals surface area contributed by atoms with Gasteiger partial charge in [0.15, 0.2) is 0 Å². The van der Waals surface area contributed by atoms with Crippen molar-refractivity contribution in [2.24, 2.45) is 0 Å². The summed E-state index contributed by atoms with van der Waals surface area (Å²) in [5.41, 5.74) is 0. The van der Waals surface area contributed by atoms with Crippen LogP contribution in [-0.4, -0.2) is 62.9 Å². The fourth-order valence-corrected chi connectivity index (χ4v) is 0.732. The van der Waals surface area contributed by atoms with Crippen molar-refractivity contribution in [2.75, 3.05) is 0 Å². The second kappa shape index (κ2) is 8.75. The number of aliphatic hydroxyl groups is 2. The van der Waals surface area contributed by atoms with E-state index in [0.29, 0.717) is 19.8 Å². The number of carboxylic acids is 1. The molecule has 0 aliphatic heterocycles. The SMILES string of the molecule is O=C(O)C(O)C(O)C(=O)[O][SbH2].[O]=[Mo]. The first-order chi connectivity index (χ1) is 6.00. The van der Waals surface area contributed by atoms with Crippen LogP contribution in [-0.2, 0) is 35.8 Å².